The zero-order valence-corrected chi connectivity index (χ0v) is 16.6. The maximum absolute atomic E-state index is 2.77. The largest absolute Gasteiger partial charge is 0.290 e. The summed E-state index contributed by atoms with van der Waals surface area (Å²) in [6.07, 6.45) is 10.4. The van der Waals surface area contributed by atoms with Crippen molar-refractivity contribution < 1.29 is 0 Å². The minimum absolute atomic E-state index is 0. The van der Waals surface area contributed by atoms with Crippen molar-refractivity contribution in [1.82, 2.24) is 4.90 Å². The minimum Gasteiger partial charge on any atom is -0.290 e. The Hall–Kier alpha value is -1.57. The van der Waals surface area contributed by atoms with Crippen molar-refractivity contribution in [3.63, 3.8) is 0 Å². The first-order valence-corrected chi connectivity index (χ1v) is 9.85. The van der Waals surface area contributed by atoms with Gasteiger partial charge in [-0.05, 0) is 48.4 Å². The van der Waals surface area contributed by atoms with E-state index < -0.39 is 0 Å². The maximum atomic E-state index is 2.77. The summed E-state index contributed by atoms with van der Waals surface area (Å²) in [6, 6.07) is 20.1. The summed E-state index contributed by atoms with van der Waals surface area (Å²) in [6.45, 7) is 4.49. The van der Waals surface area contributed by atoms with E-state index in [9.17, 15) is 0 Å². The molecule has 2 aromatic rings. The van der Waals surface area contributed by atoms with Crippen LogP contribution in [0.25, 0.3) is 5.57 Å². The molecule has 1 saturated carbocycles. The highest BCUT2D eigenvalue weighted by Gasteiger charge is 2.39. The summed E-state index contributed by atoms with van der Waals surface area (Å²) in [4.78, 5) is 2.77. The fraction of sp³-hybridized carbons (Fsp3) is 0.417. The molecular weight excluding hydrogens is 338 g/mol. The fourth-order valence-corrected chi connectivity index (χ4v) is 4.91. The lowest BCUT2D eigenvalue weighted by Crippen LogP contribution is -2.49. The molecule has 0 aromatic heterocycles. The lowest BCUT2D eigenvalue weighted by molar-refractivity contribution is 0.0569. The molecule has 138 valence electrons. The Labute approximate surface area is 164 Å². The number of hydrogen-bond acceptors (Lipinski definition) is 1. The number of halogens is 1. The van der Waals surface area contributed by atoms with Crippen LogP contribution in [0.1, 0.15) is 55.2 Å². The van der Waals surface area contributed by atoms with Gasteiger partial charge in [0, 0.05) is 18.6 Å². The normalized spacial score (nSPS) is 20.1. The zero-order valence-electron chi connectivity index (χ0n) is 15.8. The van der Waals surface area contributed by atoms with Crippen LogP contribution in [0.4, 0.5) is 0 Å². The Balaban J connectivity index is 0.00000196. The molecule has 26 heavy (non-hydrogen) atoms. The van der Waals surface area contributed by atoms with Crippen molar-refractivity contribution in [2.24, 2.45) is 0 Å². The predicted octanol–water partition coefficient (Wildman–Crippen LogP) is 6.37. The van der Waals surface area contributed by atoms with E-state index in [4.69, 9.17) is 0 Å². The van der Waals surface area contributed by atoms with E-state index in [1.54, 1.807) is 0 Å². The van der Waals surface area contributed by atoms with Crippen molar-refractivity contribution in [3.05, 3.63) is 77.4 Å². The van der Waals surface area contributed by atoms with Gasteiger partial charge in [0.1, 0.15) is 0 Å². The first-order valence-electron chi connectivity index (χ1n) is 9.85. The molecule has 1 aliphatic carbocycles. The molecule has 0 N–H and O–H groups in total. The van der Waals surface area contributed by atoms with Crippen LogP contribution in [0.3, 0.4) is 0 Å². The molecule has 0 saturated heterocycles. The van der Waals surface area contributed by atoms with E-state index in [-0.39, 0.29) is 17.9 Å². The van der Waals surface area contributed by atoms with E-state index in [0.29, 0.717) is 0 Å². The number of hydrogen-bond donors (Lipinski definition) is 0. The van der Waals surface area contributed by atoms with Crippen molar-refractivity contribution >= 4 is 18.0 Å². The van der Waals surface area contributed by atoms with E-state index in [1.165, 1.54) is 67.3 Å². The monoisotopic (exact) mass is 367 g/mol. The first kappa shape index (κ1) is 19.2. The van der Waals surface area contributed by atoms with Crippen LogP contribution in [0.2, 0.25) is 0 Å². The fourth-order valence-electron chi connectivity index (χ4n) is 4.91. The highest BCUT2D eigenvalue weighted by molar-refractivity contribution is 5.85. The molecule has 4 rings (SSSR count). The second-order valence-electron chi connectivity index (χ2n) is 7.70. The maximum Gasteiger partial charge on any atom is 0.0464 e. The molecule has 0 amide bonds. The van der Waals surface area contributed by atoms with E-state index in [0.717, 1.165) is 6.54 Å². The summed E-state index contributed by atoms with van der Waals surface area (Å²) in [5.74, 6) is 0. The molecule has 0 spiro atoms. The summed E-state index contributed by atoms with van der Waals surface area (Å²) in [7, 11) is 0. The third-order valence-electron chi connectivity index (χ3n) is 6.30. The Kier molecular flexibility index (Phi) is 6.21. The Morgan fingerprint density at radius 3 is 2.19 bits per heavy atom. The number of nitrogens with zero attached hydrogens (tertiary/aromatic N) is 1. The molecule has 2 aromatic carbocycles. The van der Waals surface area contributed by atoms with Crippen molar-refractivity contribution in [3.8, 4) is 0 Å². The Bertz CT molecular complexity index is 744. The average Bonchev–Trinajstić information content (AvgIpc) is 2.70. The van der Waals surface area contributed by atoms with Gasteiger partial charge in [0.15, 0.2) is 0 Å². The number of rotatable bonds is 3. The lowest BCUT2D eigenvalue weighted by atomic mass is 9.74. The molecule has 2 aliphatic rings. The third-order valence-corrected chi connectivity index (χ3v) is 6.30. The van der Waals surface area contributed by atoms with Gasteiger partial charge in [0.2, 0.25) is 0 Å². The summed E-state index contributed by atoms with van der Waals surface area (Å²) in [5, 5.41) is 0. The topological polar surface area (TPSA) is 3.24 Å². The van der Waals surface area contributed by atoms with Gasteiger partial charge in [0.05, 0.1) is 0 Å². The highest BCUT2D eigenvalue weighted by atomic mass is 35.5. The minimum atomic E-state index is 0. The molecule has 1 fully saturated rings. The molecular formula is C24H30ClN. The van der Waals surface area contributed by atoms with Gasteiger partial charge in [-0.15, -0.1) is 12.4 Å². The van der Waals surface area contributed by atoms with E-state index >= 15 is 0 Å². The van der Waals surface area contributed by atoms with Crippen molar-refractivity contribution in [1.29, 1.82) is 0 Å². The van der Waals surface area contributed by atoms with Gasteiger partial charge < -0.3 is 0 Å². The van der Waals surface area contributed by atoms with Gasteiger partial charge in [-0.1, -0.05) is 79.9 Å². The molecule has 0 radical (unpaired) electrons. The van der Waals surface area contributed by atoms with Gasteiger partial charge in [-0.2, -0.15) is 0 Å². The summed E-state index contributed by atoms with van der Waals surface area (Å²) in [5.41, 5.74) is 6.17. The van der Waals surface area contributed by atoms with Gasteiger partial charge in [-0.3, -0.25) is 4.90 Å². The van der Waals surface area contributed by atoms with E-state index in [1.807, 2.05) is 0 Å². The standard InChI is InChI=1S/C24H29N.ClH/c1-20-10-6-7-13-23(20)21-14-18-25(19-15-21)24(16-8-3-9-17-24)22-11-4-2-5-12-22;/h2,4-7,10-14H,3,8-9,15-19H2,1H3;1H. The van der Waals surface area contributed by atoms with Gasteiger partial charge in [-0.25, -0.2) is 0 Å². The van der Waals surface area contributed by atoms with Crippen LogP contribution in [0, 0.1) is 6.92 Å². The zero-order chi connectivity index (χ0) is 17.1. The molecule has 1 heterocycles. The molecule has 0 bridgehead atoms. The van der Waals surface area contributed by atoms with Crippen LogP contribution in [0.5, 0.6) is 0 Å². The van der Waals surface area contributed by atoms with E-state index in [2.05, 4.69) is 72.5 Å². The predicted molar refractivity (Wildman–Crippen MR) is 114 cm³/mol. The van der Waals surface area contributed by atoms with Crippen LogP contribution in [0.15, 0.2) is 60.7 Å². The lowest BCUT2D eigenvalue weighted by Gasteiger charge is -2.48. The van der Waals surface area contributed by atoms with Gasteiger partial charge >= 0.3 is 0 Å². The second kappa shape index (κ2) is 8.41. The third kappa shape index (κ3) is 3.61. The van der Waals surface area contributed by atoms with Crippen molar-refractivity contribution in [2.75, 3.05) is 13.1 Å². The SMILES string of the molecule is Cc1ccccc1C1=CCN(C2(c3ccccc3)CCCCC2)CC1.Cl. The second-order valence-corrected chi connectivity index (χ2v) is 7.70. The molecule has 0 unspecified atom stereocenters. The Morgan fingerprint density at radius 2 is 1.54 bits per heavy atom. The summed E-state index contributed by atoms with van der Waals surface area (Å²) >= 11 is 0. The number of benzene rings is 2. The molecule has 1 aliphatic heterocycles. The first-order chi connectivity index (χ1) is 12.3. The van der Waals surface area contributed by atoms with Crippen LogP contribution in [-0.4, -0.2) is 18.0 Å². The van der Waals surface area contributed by atoms with Crippen LogP contribution >= 0.6 is 12.4 Å². The average molecular weight is 368 g/mol. The summed E-state index contributed by atoms with van der Waals surface area (Å²) < 4.78 is 0. The molecule has 0 atom stereocenters. The van der Waals surface area contributed by atoms with Crippen LogP contribution in [-0.2, 0) is 5.54 Å². The molecule has 2 heteroatoms. The van der Waals surface area contributed by atoms with Gasteiger partial charge in [0.25, 0.3) is 0 Å². The smallest absolute Gasteiger partial charge is 0.0464 e. The quantitative estimate of drug-likeness (QED) is 0.609. The highest BCUT2D eigenvalue weighted by Crippen LogP contribution is 2.44. The Morgan fingerprint density at radius 1 is 0.846 bits per heavy atom. The molecule has 1 nitrogen and oxygen atoms in total. The number of aryl methyl sites for hydroxylation is 1. The van der Waals surface area contributed by atoms with Crippen LogP contribution < -0.4 is 0 Å². The van der Waals surface area contributed by atoms with Crippen molar-refractivity contribution in [2.45, 2.75) is 51.0 Å².